The molecule has 1 unspecified atom stereocenters. The quantitative estimate of drug-likeness (QED) is 0.828. The minimum absolute atomic E-state index is 0.429. The van der Waals surface area contributed by atoms with E-state index in [1.807, 2.05) is 18.2 Å². The molecule has 0 aliphatic carbocycles. The Hall–Kier alpha value is -1.29. The van der Waals surface area contributed by atoms with Gasteiger partial charge in [0, 0.05) is 19.2 Å². The second kappa shape index (κ2) is 5.70. The van der Waals surface area contributed by atoms with E-state index in [2.05, 4.69) is 10.3 Å². The molecule has 0 bridgehead atoms. The lowest BCUT2D eigenvalue weighted by Gasteiger charge is -2.10. The molecule has 1 N–H and O–H groups in total. The molecule has 1 fully saturated rings. The summed E-state index contributed by atoms with van der Waals surface area (Å²) in [4.78, 5) is 4.28. The summed E-state index contributed by atoms with van der Waals surface area (Å²) in [5, 5.41) is 3.28. The van der Waals surface area contributed by atoms with Gasteiger partial charge < -0.3 is 14.8 Å². The fourth-order valence-electron chi connectivity index (χ4n) is 1.86. The van der Waals surface area contributed by atoms with Crippen LogP contribution in [0.2, 0.25) is 0 Å². The molecular formula is C12H18N2O2. The average molecular weight is 222 g/mol. The number of nitrogens with one attached hydrogen (secondary N) is 1. The first kappa shape index (κ1) is 11.2. The highest BCUT2D eigenvalue weighted by Gasteiger charge is 2.14. The highest BCUT2D eigenvalue weighted by atomic mass is 16.5. The number of aromatic nitrogens is 1. The van der Waals surface area contributed by atoms with Crippen LogP contribution in [-0.2, 0) is 4.74 Å². The summed E-state index contributed by atoms with van der Waals surface area (Å²) in [6, 6.07) is 5.71. The van der Waals surface area contributed by atoms with Crippen molar-refractivity contribution in [3.8, 4) is 5.88 Å². The lowest BCUT2D eigenvalue weighted by atomic mass is 10.2. The third-order valence-electron chi connectivity index (χ3n) is 2.73. The molecule has 1 atom stereocenters. The fourth-order valence-corrected chi connectivity index (χ4v) is 1.86. The Balaban J connectivity index is 1.75. The molecule has 1 aromatic rings. The van der Waals surface area contributed by atoms with Gasteiger partial charge in [0.2, 0.25) is 5.88 Å². The predicted octanol–water partition coefficient (Wildman–Crippen LogP) is 2.07. The summed E-state index contributed by atoms with van der Waals surface area (Å²) in [6.07, 6.45) is 3.85. The van der Waals surface area contributed by atoms with Crippen molar-refractivity contribution < 1.29 is 9.47 Å². The molecule has 1 saturated heterocycles. The van der Waals surface area contributed by atoms with Crippen molar-refractivity contribution in [2.24, 2.45) is 0 Å². The SMILES string of the molecule is COc1cccc(NCCC2CCCO2)n1. The molecule has 0 saturated carbocycles. The van der Waals surface area contributed by atoms with Crippen molar-refractivity contribution in [2.45, 2.75) is 25.4 Å². The molecule has 0 spiro atoms. The summed E-state index contributed by atoms with van der Waals surface area (Å²) in [5.41, 5.74) is 0. The topological polar surface area (TPSA) is 43.4 Å². The Morgan fingerprint density at radius 2 is 2.50 bits per heavy atom. The van der Waals surface area contributed by atoms with Crippen LogP contribution < -0.4 is 10.1 Å². The third kappa shape index (κ3) is 3.10. The van der Waals surface area contributed by atoms with Gasteiger partial charge in [0.1, 0.15) is 5.82 Å². The number of ether oxygens (including phenoxy) is 2. The first-order valence-electron chi connectivity index (χ1n) is 5.75. The fraction of sp³-hybridized carbons (Fsp3) is 0.583. The monoisotopic (exact) mass is 222 g/mol. The Kier molecular flexibility index (Phi) is 3.99. The largest absolute Gasteiger partial charge is 0.481 e. The second-order valence-electron chi connectivity index (χ2n) is 3.92. The van der Waals surface area contributed by atoms with Crippen LogP contribution in [0.3, 0.4) is 0 Å². The van der Waals surface area contributed by atoms with Gasteiger partial charge in [-0.1, -0.05) is 6.07 Å². The zero-order valence-corrected chi connectivity index (χ0v) is 9.61. The number of hydrogen-bond acceptors (Lipinski definition) is 4. The van der Waals surface area contributed by atoms with Crippen molar-refractivity contribution in [3.05, 3.63) is 18.2 Å². The first-order chi connectivity index (χ1) is 7.88. The van der Waals surface area contributed by atoms with Gasteiger partial charge in [-0.05, 0) is 25.3 Å². The van der Waals surface area contributed by atoms with Crippen LogP contribution in [0.4, 0.5) is 5.82 Å². The van der Waals surface area contributed by atoms with Gasteiger partial charge in [0.05, 0.1) is 13.2 Å². The van der Waals surface area contributed by atoms with Crippen molar-refractivity contribution in [1.82, 2.24) is 4.98 Å². The molecule has 88 valence electrons. The molecule has 16 heavy (non-hydrogen) atoms. The van der Waals surface area contributed by atoms with E-state index in [1.165, 1.54) is 12.8 Å². The number of nitrogens with zero attached hydrogens (tertiary/aromatic N) is 1. The van der Waals surface area contributed by atoms with E-state index < -0.39 is 0 Å². The minimum atomic E-state index is 0.429. The summed E-state index contributed by atoms with van der Waals surface area (Å²) >= 11 is 0. The highest BCUT2D eigenvalue weighted by molar-refractivity contribution is 5.36. The average Bonchev–Trinajstić information content (AvgIpc) is 2.82. The summed E-state index contributed by atoms with van der Waals surface area (Å²) in [5.74, 6) is 1.50. The van der Waals surface area contributed by atoms with Crippen molar-refractivity contribution >= 4 is 5.82 Å². The molecule has 4 heteroatoms. The molecular weight excluding hydrogens is 204 g/mol. The van der Waals surface area contributed by atoms with Gasteiger partial charge in [-0.15, -0.1) is 0 Å². The van der Waals surface area contributed by atoms with Gasteiger partial charge >= 0.3 is 0 Å². The number of pyridine rings is 1. The third-order valence-corrected chi connectivity index (χ3v) is 2.73. The maximum atomic E-state index is 5.55. The van der Waals surface area contributed by atoms with Crippen molar-refractivity contribution in [3.63, 3.8) is 0 Å². The maximum Gasteiger partial charge on any atom is 0.214 e. The lowest BCUT2D eigenvalue weighted by molar-refractivity contribution is 0.107. The van der Waals surface area contributed by atoms with Gasteiger partial charge in [-0.3, -0.25) is 0 Å². The van der Waals surface area contributed by atoms with E-state index in [0.29, 0.717) is 12.0 Å². The second-order valence-corrected chi connectivity index (χ2v) is 3.92. The van der Waals surface area contributed by atoms with Crippen LogP contribution >= 0.6 is 0 Å². The van der Waals surface area contributed by atoms with E-state index in [9.17, 15) is 0 Å². The zero-order valence-electron chi connectivity index (χ0n) is 9.61. The Labute approximate surface area is 96.0 Å². The molecule has 1 aliphatic heterocycles. The molecule has 0 amide bonds. The number of anilines is 1. The van der Waals surface area contributed by atoms with Gasteiger partial charge in [0.25, 0.3) is 0 Å². The Morgan fingerprint density at radius 1 is 1.56 bits per heavy atom. The first-order valence-corrected chi connectivity index (χ1v) is 5.75. The zero-order chi connectivity index (χ0) is 11.2. The van der Waals surface area contributed by atoms with Crippen LogP contribution in [0.15, 0.2) is 18.2 Å². The lowest BCUT2D eigenvalue weighted by Crippen LogP contribution is -2.13. The van der Waals surface area contributed by atoms with Crippen LogP contribution in [0.25, 0.3) is 0 Å². The normalized spacial score (nSPS) is 19.7. The minimum Gasteiger partial charge on any atom is -0.481 e. The van der Waals surface area contributed by atoms with E-state index in [1.54, 1.807) is 7.11 Å². The van der Waals surface area contributed by atoms with E-state index in [-0.39, 0.29) is 0 Å². The van der Waals surface area contributed by atoms with Gasteiger partial charge in [-0.25, -0.2) is 0 Å². The van der Waals surface area contributed by atoms with Crippen molar-refractivity contribution in [2.75, 3.05) is 25.6 Å². The van der Waals surface area contributed by atoms with E-state index in [0.717, 1.165) is 25.4 Å². The van der Waals surface area contributed by atoms with E-state index in [4.69, 9.17) is 9.47 Å². The number of rotatable bonds is 5. The number of hydrogen-bond donors (Lipinski definition) is 1. The van der Waals surface area contributed by atoms with E-state index >= 15 is 0 Å². The predicted molar refractivity (Wildman–Crippen MR) is 62.9 cm³/mol. The van der Waals surface area contributed by atoms with Crippen LogP contribution in [0, 0.1) is 0 Å². The van der Waals surface area contributed by atoms with Crippen LogP contribution in [-0.4, -0.2) is 31.3 Å². The van der Waals surface area contributed by atoms with Gasteiger partial charge in [0.15, 0.2) is 0 Å². The Bertz CT molecular complexity index is 325. The summed E-state index contributed by atoms with van der Waals surface area (Å²) in [7, 11) is 1.62. The molecule has 2 heterocycles. The molecule has 1 aliphatic rings. The maximum absolute atomic E-state index is 5.55. The summed E-state index contributed by atoms with van der Waals surface area (Å²) in [6.45, 7) is 1.81. The molecule has 1 aromatic heterocycles. The van der Waals surface area contributed by atoms with Crippen LogP contribution in [0.1, 0.15) is 19.3 Å². The molecule has 0 aromatic carbocycles. The summed E-state index contributed by atoms with van der Waals surface area (Å²) < 4.78 is 10.6. The molecule has 0 radical (unpaired) electrons. The highest BCUT2D eigenvalue weighted by Crippen LogP contribution is 2.16. The van der Waals surface area contributed by atoms with Gasteiger partial charge in [-0.2, -0.15) is 4.98 Å². The molecule has 2 rings (SSSR count). The van der Waals surface area contributed by atoms with Crippen molar-refractivity contribution in [1.29, 1.82) is 0 Å². The number of methoxy groups -OCH3 is 1. The smallest absolute Gasteiger partial charge is 0.214 e. The molecule has 4 nitrogen and oxygen atoms in total. The standard InChI is InChI=1S/C12H18N2O2/c1-15-12-6-2-5-11(14-12)13-8-7-10-4-3-9-16-10/h2,5-6,10H,3-4,7-9H2,1H3,(H,13,14). The Morgan fingerprint density at radius 3 is 3.25 bits per heavy atom. The van der Waals surface area contributed by atoms with Crippen LogP contribution in [0.5, 0.6) is 5.88 Å².